The van der Waals surface area contributed by atoms with E-state index in [1.54, 1.807) is 37.7 Å². The minimum atomic E-state index is -0.729. The largest absolute Gasteiger partial charge is 0.454 e. The zero-order valence-electron chi connectivity index (χ0n) is 22.0. The average molecular weight is 557 g/mol. The van der Waals surface area contributed by atoms with Gasteiger partial charge >= 0.3 is 0 Å². The lowest BCUT2D eigenvalue weighted by molar-refractivity contribution is -0.117. The first-order chi connectivity index (χ1) is 19.9. The molecule has 1 atom stereocenters. The summed E-state index contributed by atoms with van der Waals surface area (Å²) in [4.78, 5) is 31.6. The molecule has 1 aromatic heterocycles. The number of carbonyl (C=O) groups is 2. The molecule has 0 spiro atoms. The van der Waals surface area contributed by atoms with Crippen molar-refractivity contribution in [3.63, 3.8) is 0 Å². The van der Waals surface area contributed by atoms with Crippen LogP contribution in [0.3, 0.4) is 0 Å². The first-order valence-electron chi connectivity index (χ1n) is 12.4. The van der Waals surface area contributed by atoms with Crippen molar-refractivity contribution in [1.82, 2.24) is 15.5 Å². The minimum absolute atomic E-state index is 0.0793. The van der Waals surface area contributed by atoms with Crippen molar-refractivity contribution in [3.05, 3.63) is 102 Å². The average Bonchev–Trinajstić information content (AvgIpc) is 3.42. The number of benzene rings is 3. The quantitative estimate of drug-likeness (QED) is 0.152. The number of hydrogen-bond donors (Lipinski definition) is 3. The highest BCUT2D eigenvalue weighted by molar-refractivity contribution is 6.12. The molecule has 0 saturated carbocycles. The summed E-state index contributed by atoms with van der Waals surface area (Å²) in [5.41, 5.74) is 2.65. The monoisotopic (exact) mass is 556 g/mol. The van der Waals surface area contributed by atoms with Crippen LogP contribution in [0.25, 0.3) is 16.5 Å². The molecule has 4 rings (SSSR count). The van der Waals surface area contributed by atoms with Gasteiger partial charge in [0.15, 0.2) is 11.6 Å². The summed E-state index contributed by atoms with van der Waals surface area (Å²) >= 11 is 0. The molecule has 0 radical (unpaired) electrons. The number of rotatable bonds is 12. The summed E-state index contributed by atoms with van der Waals surface area (Å²) in [5.74, 6) is -2.08. The summed E-state index contributed by atoms with van der Waals surface area (Å²) in [6.45, 7) is 3.50. The van der Waals surface area contributed by atoms with Crippen molar-refractivity contribution in [3.8, 4) is 11.5 Å². The van der Waals surface area contributed by atoms with Gasteiger partial charge in [0, 0.05) is 47.7 Å². The fraction of sp³-hybridized carbons (Fsp3) is 0.100. The predicted octanol–water partition coefficient (Wildman–Crippen LogP) is 5.75. The predicted molar refractivity (Wildman–Crippen MR) is 155 cm³/mol. The van der Waals surface area contributed by atoms with E-state index in [1.165, 1.54) is 48.8 Å². The lowest BCUT2D eigenvalue weighted by atomic mass is 9.94. The van der Waals surface area contributed by atoms with Crippen molar-refractivity contribution >= 4 is 47.4 Å². The Morgan fingerprint density at radius 2 is 1.95 bits per heavy atom. The van der Waals surface area contributed by atoms with Crippen LogP contribution >= 0.6 is 0 Å². The van der Waals surface area contributed by atoms with Crippen molar-refractivity contribution in [1.29, 1.82) is 0 Å². The van der Waals surface area contributed by atoms with Gasteiger partial charge in [0.1, 0.15) is 11.6 Å². The Morgan fingerprint density at radius 3 is 2.66 bits per heavy atom. The first-order valence-corrected chi connectivity index (χ1v) is 12.4. The van der Waals surface area contributed by atoms with Gasteiger partial charge in [-0.25, -0.2) is 8.78 Å². The maximum Gasteiger partial charge on any atom is 0.232 e. The lowest BCUT2D eigenvalue weighted by Crippen LogP contribution is -2.21. The van der Waals surface area contributed by atoms with Crippen LogP contribution < -0.4 is 15.4 Å². The molecular weight excluding hydrogens is 530 g/mol. The van der Waals surface area contributed by atoms with Gasteiger partial charge in [-0.2, -0.15) is 5.10 Å². The number of aliphatic imine (C=N–C) groups is 2. The highest BCUT2D eigenvalue weighted by atomic mass is 19.1. The molecule has 3 aromatic carbocycles. The second kappa shape index (κ2) is 13.6. The van der Waals surface area contributed by atoms with Gasteiger partial charge in [0.25, 0.3) is 0 Å². The summed E-state index contributed by atoms with van der Waals surface area (Å²) in [6.07, 6.45) is 8.40. The molecule has 4 aromatic rings. The highest BCUT2D eigenvalue weighted by Crippen LogP contribution is 2.35. The number of ether oxygens (including phenoxy) is 1. The van der Waals surface area contributed by atoms with Crippen molar-refractivity contribution in [2.24, 2.45) is 9.98 Å². The molecule has 0 aliphatic heterocycles. The normalized spacial score (nSPS) is 12.5. The van der Waals surface area contributed by atoms with E-state index < -0.39 is 23.5 Å². The molecule has 208 valence electrons. The van der Waals surface area contributed by atoms with Crippen LogP contribution in [0.5, 0.6) is 11.5 Å². The Hall–Kier alpha value is -5.45. The van der Waals surface area contributed by atoms with Gasteiger partial charge in [-0.15, -0.1) is 0 Å². The second-order valence-electron chi connectivity index (χ2n) is 8.72. The van der Waals surface area contributed by atoms with Crippen molar-refractivity contribution < 1.29 is 23.1 Å². The van der Waals surface area contributed by atoms with Gasteiger partial charge in [-0.05, 0) is 61.3 Å². The van der Waals surface area contributed by atoms with E-state index in [0.717, 1.165) is 17.0 Å². The molecule has 0 fully saturated rings. The van der Waals surface area contributed by atoms with E-state index in [4.69, 9.17) is 4.74 Å². The summed E-state index contributed by atoms with van der Waals surface area (Å²) in [5, 5.41) is 12.8. The number of allylic oxidation sites excluding steroid dienone is 2. The standard InChI is InChI=1S/C30H26F2N6O3/c1-33-15-21(16-34-2)25-14-27-20(17-36-38-27)12-29(25)41-28-10-9-23(13-26(28)32)37-30(40)24(4-3-11-35-18-39)19-5-7-22(31)8-6-19/h3,5-18,24H,1,4H2,2H3,(H,35,39)(H,36,38)(H,37,40)/b11-3-,21-15+,34-16?. The number of anilines is 1. The molecule has 1 unspecified atom stereocenters. The molecule has 0 aliphatic rings. The Balaban J connectivity index is 1.59. The number of amides is 2. The highest BCUT2D eigenvalue weighted by Gasteiger charge is 2.21. The van der Waals surface area contributed by atoms with Crippen LogP contribution in [-0.4, -0.2) is 42.5 Å². The Bertz CT molecular complexity index is 1640. The molecule has 11 heteroatoms. The zero-order chi connectivity index (χ0) is 29.2. The number of carbonyl (C=O) groups excluding carboxylic acids is 2. The third kappa shape index (κ3) is 7.15. The third-order valence-electron chi connectivity index (χ3n) is 6.01. The van der Waals surface area contributed by atoms with E-state index in [9.17, 15) is 14.0 Å². The zero-order valence-corrected chi connectivity index (χ0v) is 22.0. The smallest absolute Gasteiger partial charge is 0.232 e. The number of nitrogens with zero attached hydrogens (tertiary/aromatic N) is 3. The van der Waals surface area contributed by atoms with Crippen LogP contribution in [0.4, 0.5) is 14.5 Å². The number of halogens is 2. The van der Waals surface area contributed by atoms with Crippen LogP contribution in [0.2, 0.25) is 0 Å². The maximum absolute atomic E-state index is 15.3. The number of fused-ring (bicyclic) bond motifs is 1. The minimum Gasteiger partial charge on any atom is -0.454 e. The molecule has 0 saturated heterocycles. The number of aromatic amines is 1. The SMILES string of the molecule is C=N/C=C(\C=NC)c1cc2[nH]ncc2cc1Oc1ccc(NC(=O)C(C/C=C\NC=O)c2ccc(F)cc2)cc1F. The fourth-order valence-corrected chi connectivity index (χ4v) is 4.10. The van der Waals surface area contributed by atoms with E-state index >= 15 is 4.39 Å². The summed E-state index contributed by atoms with van der Waals surface area (Å²) < 4.78 is 34.7. The molecule has 41 heavy (non-hydrogen) atoms. The van der Waals surface area contributed by atoms with Gasteiger partial charge in [-0.3, -0.25) is 24.7 Å². The van der Waals surface area contributed by atoms with Gasteiger partial charge < -0.3 is 15.4 Å². The van der Waals surface area contributed by atoms with Gasteiger partial charge in [0.05, 0.1) is 17.6 Å². The molecule has 0 bridgehead atoms. The summed E-state index contributed by atoms with van der Waals surface area (Å²) in [7, 11) is 1.61. The molecule has 0 aliphatic carbocycles. The van der Waals surface area contributed by atoms with Crippen molar-refractivity contribution in [2.75, 3.05) is 12.4 Å². The number of aromatic nitrogens is 2. The Labute approximate surface area is 234 Å². The van der Waals surface area contributed by atoms with Crippen LogP contribution in [0.15, 0.2) is 89.3 Å². The molecule has 1 heterocycles. The van der Waals surface area contributed by atoms with Crippen LogP contribution in [0.1, 0.15) is 23.5 Å². The van der Waals surface area contributed by atoms with Gasteiger partial charge in [-0.1, -0.05) is 18.2 Å². The summed E-state index contributed by atoms with van der Waals surface area (Å²) in [6, 6.07) is 13.1. The number of hydrogen-bond acceptors (Lipinski definition) is 6. The molecule has 9 nitrogen and oxygen atoms in total. The van der Waals surface area contributed by atoms with E-state index in [0.29, 0.717) is 28.9 Å². The van der Waals surface area contributed by atoms with E-state index in [-0.39, 0.29) is 17.9 Å². The van der Waals surface area contributed by atoms with Crippen molar-refractivity contribution in [2.45, 2.75) is 12.3 Å². The number of nitrogens with one attached hydrogen (secondary N) is 3. The molecule has 2 amide bonds. The third-order valence-corrected chi connectivity index (χ3v) is 6.01. The molecule has 3 N–H and O–H groups in total. The Morgan fingerprint density at radius 1 is 1.15 bits per heavy atom. The first kappa shape index (κ1) is 28.6. The van der Waals surface area contributed by atoms with Gasteiger partial charge in [0.2, 0.25) is 12.3 Å². The van der Waals surface area contributed by atoms with Crippen LogP contribution in [0, 0.1) is 11.6 Å². The van der Waals surface area contributed by atoms with Crippen LogP contribution in [-0.2, 0) is 9.59 Å². The topological polar surface area (TPSA) is 121 Å². The molecular formula is C30H26F2N6O3. The fourth-order valence-electron chi connectivity index (χ4n) is 4.10. The van der Waals surface area contributed by atoms with E-state index in [1.807, 2.05) is 0 Å². The maximum atomic E-state index is 15.3. The second-order valence-corrected chi connectivity index (χ2v) is 8.72. The van der Waals surface area contributed by atoms with E-state index in [2.05, 4.69) is 37.5 Å². The number of H-pyrrole nitrogens is 1. The lowest BCUT2D eigenvalue weighted by Gasteiger charge is -2.17. The Kier molecular flexibility index (Phi) is 9.45.